The topological polar surface area (TPSA) is 73.0 Å². The zero-order valence-electron chi connectivity index (χ0n) is 12.7. The summed E-state index contributed by atoms with van der Waals surface area (Å²) in [7, 11) is 0. The molecule has 1 aromatic carbocycles. The van der Waals surface area contributed by atoms with Gasteiger partial charge in [0.2, 0.25) is 4.96 Å². The van der Waals surface area contributed by atoms with E-state index < -0.39 is 0 Å². The van der Waals surface area contributed by atoms with Gasteiger partial charge in [-0.3, -0.25) is 4.79 Å². The summed E-state index contributed by atoms with van der Waals surface area (Å²) in [6.45, 7) is 0. The number of rotatable bonds is 2. The SMILES string of the molecule is O=c1sc2nnc3c4ccccc4nc-3n2nc1/C=C/c1cccs1. The van der Waals surface area contributed by atoms with Crippen molar-refractivity contribution in [3.05, 3.63) is 61.9 Å². The van der Waals surface area contributed by atoms with Crippen molar-refractivity contribution in [2.75, 3.05) is 0 Å². The van der Waals surface area contributed by atoms with Gasteiger partial charge in [0.15, 0.2) is 5.82 Å². The predicted octanol–water partition coefficient (Wildman–Crippen LogP) is 3.43. The van der Waals surface area contributed by atoms with Crippen molar-refractivity contribution in [2.24, 2.45) is 0 Å². The molecular weight excluding hydrogens is 354 g/mol. The lowest BCUT2D eigenvalue weighted by atomic mass is 10.2. The molecule has 0 atom stereocenters. The largest absolute Gasteiger partial charge is 0.275 e. The number of aromatic nitrogens is 5. The van der Waals surface area contributed by atoms with Crippen LogP contribution in [0.25, 0.3) is 39.5 Å². The Kier molecular flexibility index (Phi) is 3.19. The van der Waals surface area contributed by atoms with Gasteiger partial charge in [-0.2, -0.15) is 9.61 Å². The summed E-state index contributed by atoms with van der Waals surface area (Å²) in [5.74, 6) is 0.605. The number of thiophene rings is 1. The van der Waals surface area contributed by atoms with Crippen LogP contribution in [0.3, 0.4) is 0 Å². The van der Waals surface area contributed by atoms with Crippen LogP contribution in [0.1, 0.15) is 10.6 Å². The van der Waals surface area contributed by atoms with Crippen molar-refractivity contribution in [1.82, 2.24) is 24.8 Å². The normalized spacial score (nSPS) is 12.0. The van der Waals surface area contributed by atoms with Crippen LogP contribution in [0.15, 0.2) is 46.6 Å². The first-order valence-electron chi connectivity index (χ1n) is 7.46. The van der Waals surface area contributed by atoms with Crippen LogP contribution in [-0.4, -0.2) is 24.8 Å². The third-order valence-electron chi connectivity index (χ3n) is 3.76. The Morgan fingerprint density at radius 3 is 2.84 bits per heavy atom. The molecule has 2 aromatic heterocycles. The number of fused-ring (bicyclic) bond motifs is 5. The van der Waals surface area contributed by atoms with Crippen molar-refractivity contribution >= 4 is 50.7 Å². The molecule has 6 nitrogen and oxygen atoms in total. The Morgan fingerprint density at radius 2 is 1.96 bits per heavy atom. The van der Waals surface area contributed by atoms with Crippen LogP contribution in [0, 0.1) is 0 Å². The molecule has 0 N–H and O–H groups in total. The molecule has 0 aliphatic carbocycles. The van der Waals surface area contributed by atoms with Crippen LogP contribution in [-0.2, 0) is 0 Å². The van der Waals surface area contributed by atoms with Crippen molar-refractivity contribution in [2.45, 2.75) is 0 Å². The maximum atomic E-state index is 12.3. The molecule has 3 aromatic rings. The number of para-hydroxylation sites is 1. The lowest BCUT2D eigenvalue weighted by molar-refractivity contribution is 0.860. The smallest absolute Gasteiger partial charge is 0.263 e. The van der Waals surface area contributed by atoms with E-state index in [-0.39, 0.29) is 4.74 Å². The number of benzene rings is 1. The molecule has 0 spiro atoms. The van der Waals surface area contributed by atoms with E-state index in [1.807, 2.05) is 47.9 Å². The van der Waals surface area contributed by atoms with Gasteiger partial charge < -0.3 is 0 Å². The fraction of sp³-hybridized carbons (Fsp3) is 0. The molecule has 5 rings (SSSR count). The summed E-state index contributed by atoms with van der Waals surface area (Å²) >= 11 is 2.62. The van der Waals surface area contributed by atoms with E-state index in [1.54, 1.807) is 21.9 Å². The third kappa shape index (κ3) is 2.34. The molecular formula is C17H9N5OS2. The van der Waals surface area contributed by atoms with Gasteiger partial charge >= 0.3 is 0 Å². The summed E-state index contributed by atoms with van der Waals surface area (Å²) in [5.41, 5.74) is 1.87. The molecule has 0 saturated carbocycles. The average Bonchev–Trinajstić information content (AvgIpc) is 3.27. The molecule has 4 heterocycles. The van der Waals surface area contributed by atoms with Crippen LogP contribution in [0.5, 0.6) is 0 Å². The Bertz CT molecular complexity index is 1270. The van der Waals surface area contributed by atoms with Gasteiger partial charge in [-0.05, 0) is 29.7 Å². The molecule has 0 bridgehead atoms. The lowest BCUT2D eigenvalue weighted by Crippen LogP contribution is -2.12. The quantitative estimate of drug-likeness (QED) is 0.480. The zero-order chi connectivity index (χ0) is 16.8. The Balaban J connectivity index is 1.75. The van der Waals surface area contributed by atoms with E-state index in [0.717, 1.165) is 27.1 Å². The maximum absolute atomic E-state index is 12.3. The Morgan fingerprint density at radius 1 is 1.04 bits per heavy atom. The van der Waals surface area contributed by atoms with E-state index in [0.29, 0.717) is 22.2 Å². The summed E-state index contributed by atoms with van der Waals surface area (Å²) in [6, 6.07) is 11.7. The van der Waals surface area contributed by atoms with Gasteiger partial charge in [0.25, 0.3) is 4.74 Å². The molecule has 0 fully saturated rings. The number of nitrogens with zero attached hydrogens (tertiary/aromatic N) is 5. The average molecular weight is 363 g/mol. The predicted molar refractivity (Wildman–Crippen MR) is 100 cm³/mol. The lowest BCUT2D eigenvalue weighted by Gasteiger charge is -2.03. The first kappa shape index (κ1) is 14.4. The van der Waals surface area contributed by atoms with E-state index in [1.165, 1.54) is 0 Å². The summed E-state index contributed by atoms with van der Waals surface area (Å²) in [6.07, 6.45) is 3.61. The van der Waals surface area contributed by atoms with Crippen molar-refractivity contribution in [3.63, 3.8) is 0 Å². The van der Waals surface area contributed by atoms with Crippen LogP contribution >= 0.6 is 22.7 Å². The zero-order valence-corrected chi connectivity index (χ0v) is 14.3. The standard InChI is InChI=1S/C17H9N5OS2/c23-16-13(8-7-10-4-3-9-24-10)21-22-15-14(19-20-17(22)25-16)11-5-1-2-6-12(11)18-15/h1-9H/b8-7+. The van der Waals surface area contributed by atoms with Gasteiger partial charge in [0.1, 0.15) is 11.4 Å². The Hall–Kier alpha value is -2.97. The molecule has 2 aliphatic rings. The minimum Gasteiger partial charge on any atom is -0.275 e. The fourth-order valence-electron chi connectivity index (χ4n) is 2.62. The molecule has 8 heteroatoms. The number of hydrogen-bond acceptors (Lipinski definition) is 7. The van der Waals surface area contributed by atoms with Crippen LogP contribution < -0.4 is 4.74 Å². The van der Waals surface area contributed by atoms with Crippen molar-refractivity contribution in [1.29, 1.82) is 0 Å². The molecule has 0 saturated heterocycles. The van der Waals surface area contributed by atoms with Gasteiger partial charge in [-0.25, -0.2) is 4.98 Å². The molecule has 0 radical (unpaired) electrons. The van der Waals surface area contributed by atoms with Crippen LogP contribution in [0.4, 0.5) is 0 Å². The second-order valence-corrected chi connectivity index (χ2v) is 7.24. The van der Waals surface area contributed by atoms with Gasteiger partial charge in [0.05, 0.1) is 5.52 Å². The highest BCUT2D eigenvalue weighted by atomic mass is 32.1. The number of hydrogen-bond donors (Lipinski definition) is 0. The molecule has 120 valence electrons. The molecule has 0 amide bonds. The van der Waals surface area contributed by atoms with Crippen molar-refractivity contribution in [3.8, 4) is 11.5 Å². The Labute approximate surface area is 149 Å². The highest BCUT2D eigenvalue weighted by Crippen LogP contribution is 2.28. The highest BCUT2D eigenvalue weighted by Gasteiger charge is 2.19. The molecule has 0 unspecified atom stereocenters. The monoisotopic (exact) mass is 363 g/mol. The second-order valence-electron chi connectivity index (χ2n) is 5.32. The minimum atomic E-state index is -0.155. The van der Waals surface area contributed by atoms with Crippen LogP contribution in [0.2, 0.25) is 0 Å². The highest BCUT2D eigenvalue weighted by molar-refractivity contribution is 7.14. The van der Waals surface area contributed by atoms with E-state index in [2.05, 4.69) is 20.3 Å². The summed E-state index contributed by atoms with van der Waals surface area (Å²) in [4.78, 5) is 18.4. The van der Waals surface area contributed by atoms with Gasteiger partial charge in [-0.15, -0.1) is 21.5 Å². The van der Waals surface area contributed by atoms with Gasteiger partial charge in [0, 0.05) is 10.3 Å². The second kappa shape index (κ2) is 5.54. The fourth-order valence-corrected chi connectivity index (χ4v) is 3.91. The summed E-state index contributed by atoms with van der Waals surface area (Å²) in [5, 5.41) is 15.8. The minimum absolute atomic E-state index is 0.155. The maximum Gasteiger partial charge on any atom is 0.263 e. The van der Waals surface area contributed by atoms with Gasteiger partial charge in [-0.1, -0.05) is 35.6 Å². The summed E-state index contributed by atoms with van der Waals surface area (Å²) < 4.78 is 1.44. The third-order valence-corrected chi connectivity index (χ3v) is 5.43. The van der Waals surface area contributed by atoms with Crippen molar-refractivity contribution < 1.29 is 0 Å². The van der Waals surface area contributed by atoms with E-state index in [9.17, 15) is 4.79 Å². The first-order chi connectivity index (χ1) is 12.3. The van der Waals surface area contributed by atoms with E-state index in [4.69, 9.17) is 0 Å². The molecule has 25 heavy (non-hydrogen) atoms. The van der Waals surface area contributed by atoms with E-state index >= 15 is 0 Å². The molecule has 2 aliphatic heterocycles. The first-order valence-corrected chi connectivity index (χ1v) is 9.16.